The van der Waals surface area contributed by atoms with Crippen molar-refractivity contribution in [2.45, 2.75) is 26.0 Å². The van der Waals surface area contributed by atoms with Crippen LogP contribution in [0, 0.1) is 11.7 Å². The molecule has 9 heteroatoms. The number of anilines is 2. The Morgan fingerprint density at radius 3 is 2.58 bits per heavy atom. The van der Waals surface area contributed by atoms with Crippen LogP contribution in [0.25, 0.3) is 0 Å². The number of likely N-dealkylation sites (N-methyl/N-ethyl adjacent to an activating group) is 1. The molecule has 3 N–H and O–H groups in total. The second-order valence-electron chi connectivity index (χ2n) is 8.65. The van der Waals surface area contributed by atoms with Crippen LogP contribution in [0.2, 0.25) is 0 Å². The fourth-order valence-electron chi connectivity index (χ4n) is 3.74. The summed E-state index contributed by atoms with van der Waals surface area (Å²) in [5, 5.41) is 15.1. The van der Waals surface area contributed by atoms with Crippen molar-refractivity contribution in [3.63, 3.8) is 0 Å². The highest BCUT2D eigenvalue weighted by atomic mass is 19.1. The van der Waals surface area contributed by atoms with Gasteiger partial charge in [0.1, 0.15) is 11.9 Å². The van der Waals surface area contributed by atoms with Crippen molar-refractivity contribution in [2.24, 2.45) is 5.92 Å². The summed E-state index contributed by atoms with van der Waals surface area (Å²) < 4.78 is 19.5. The molecule has 1 aliphatic heterocycles. The zero-order valence-corrected chi connectivity index (χ0v) is 19.3. The smallest absolute Gasteiger partial charge is 0.323 e. The number of nitrogens with zero attached hydrogens (tertiary/aromatic N) is 2. The van der Waals surface area contributed by atoms with E-state index in [0.717, 1.165) is 0 Å². The van der Waals surface area contributed by atoms with E-state index in [1.165, 1.54) is 24.3 Å². The van der Waals surface area contributed by atoms with Gasteiger partial charge in [-0.3, -0.25) is 4.79 Å². The first-order chi connectivity index (χ1) is 15.7. The predicted molar refractivity (Wildman–Crippen MR) is 125 cm³/mol. The second-order valence-corrected chi connectivity index (χ2v) is 8.65. The number of carbonyl (C=O) groups excluding carboxylic acids is 2. The number of halogens is 1. The molecule has 0 bridgehead atoms. The lowest BCUT2D eigenvalue weighted by Crippen LogP contribution is -2.49. The molecule has 1 heterocycles. The lowest BCUT2D eigenvalue weighted by Gasteiger charge is -2.38. The van der Waals surface area contributed by atoms with Crippen LogP contribution in [0.5, 0.6) is 5.75 Å². The molecule has 0 spiro atoms. The molecule has 0 saturated heterocycles. The molecule has 0 aromatic heterocycles. The number of amides is 3. The topological polar surface area (TPSA) is 94.1 Å². The fraction of sp³-hybridized carbons (Fsp3) is 0.417. The SMILES string of the molecule is C[C@@H]1CN([C@@H](C)CO)C(=O)c2cccc(NC(=O)Nc3ccc(F)cc3)c2O[C@@H]1CN(C)C. The van der Waals surface area contributed by atoms with E-state index in [9.17, 15) is 19.1 Å². The van der Waals surface area contributed by atoms with E-state index in [1.54, 1.807) is 30.0 Å². The molecule has 3 atom stereocenters. The Kier molecular flexibility index (Phi) is 7.88. The molecule has 0 aliphatic carbocycles. The molecule has 33 heavy (non-hydrogen) atoms. The van der Waals surface area contributed by atoms with Gasteiger partial charge in [0, 0.05) is 24.7 Å². The van der Waals surface area contributed by atoms with E-state index in [0.29, 0.717) is 30.0 Å². The zero-order chi connectivity index (χ0) is 24.1. The number of carbonyl (C=O) groups is 2. The minimum absolute atomic E-state index is 0.0282. The molecule has 2 aromatic rings. The number of fused-ring (bicyclic) bond motifs is 1. The van der Waals surface area contributed by atoms with Gasteiger partial charge in [-0.2, -0.15) is 0 Å². The van der Waals surface area contributed by atoms with Crippen LogP contribution in [0.3, 0.4) is 0 Å². The maximum Gasteiger partial charge on any atom is 0.323 e. The number of rotatable bonds is 6. The molecule has 0 fully saturated rings. The number of benzene rings is 2. The largest absolute Gasteiger partial charge is 0.486 e. The van der Waals surface area contributed by atoms with Crippen molar-refractivity contribution in [1.82, 2.24) is 9.80 Å². The molecule has 1 aliphatic rings. The molecule has 8 nitrogen and oxygen atoms in total. The first-order valence-electron chi connectivity index (χ1n) is 10.9. The lowest BCUT2D eigenvalue weighted by molar-refractivity contribution is 0.0365. The number of nitrogens with one attached hydrogen (secondary N) is 2. The number of hydrogen-bond donors (Lipinski definition) is 3. The van der Waals surface area contributed by atoms with Crippen molar-refractivity contribution in [1.29, 1.82) is 0 Å². The van der Waals surface area contributed by atoms with E-state index in [4.69, 9.17) is 4.74 Å². The average Bonchev–Trinajstić information content (AvgIpc) is 2.77. The van der Waals surface area contributed by atoms with Crippen LogP contribution in [0.1, 0.15) is 24.2 Å². The van der Waals surface area contributed by atoms with Crippen LogP contribution >= 0.6 is 0 Å². The highest BCUT2D eigenvalue weighted by Gasteiger charge is 2.34. The third-order valence-electron chi connectivity index (χ3n) is 5.59. The molecule has 3 amide bonds. The summed E-state index contributed by atoms with van der Waals surface area (Å²) in [4.78, 5) is 29.7. The molecular weight excluding hydrogens is 427 g/mol. The summed E-state index contributed by atoms with van der Waals surface area (Å²) in [5.74, 6) is -0.422. The Morgan fingerprint density at radius 1 is 1.24 bits per heavy atom. The van der Waals surface area contributed by atoms with Gasteiger partial charge in [-0.05, 0) is 57.4 Å². The van der Waals surface area contributed by atoms with Gasteiger partial charge in [0.15, 0.2) is 5.75 Å². The number of hydrogen-bond acceptors (Lipinski definition) is 5. The first-order valence-corrected chi connectivity index (χ1v) is 10.9. The Labute approximate surface area is 193 Å². The summed E-state index contributed by atoms with van der Waals surface area (Å²) >= 11 is 0. The van der Waals surface area contributed by atoms with Gasteiger partial charge in [0.2, 0.25) is 0 Å². The zero-order valence-electron chi connectivity index (χ0n) is 19.3. The summed E-state index contributed by atoms with van der Waals surface area (Å²) in [7, 11) is 3.88. The summed E-state index contributed by atoms with van der Waals surface area (Å²) in [6.45, 7) is 4.67. The molecule has 2 aromatic carbocycles. The minimum Gasteiger partial charge on any atom is -0.486 e. The Morgan fingerprint density at radius 2 is 1.94 bits per heavy atom. The van der Waals surface area contributed by atoms with E-state index in [-0.39, 0.29) is 36.3 Å². The minimum atomic E-state index is -0.550. The van der Waals surface area contributed by atoms with Gasteiger partial charge in [-0.15, -0.1) is 0 Å². The molecule has 3 rings (SSSR count). The van der Waals surface area contributed by atoms with E-state index < -0.39 is 11.8 Å². The Bertz CT molecular complexity index is 983. The lowest BCUT2D eigenvalue weighted by atomic mass is 9.99. The quantitative estimate of drug-likeness (QED) is 0.618. The van der Waals surface area contributed by atoms with Crippen LogP contribution < -0.4 is 15.4 Å². The standard InChI is InChI=1S/C24H31FN4O4/c1-15-12-29(16(2)14-30)23(31)19-6-5-7-20(22(19)33-21(15)13-28(3)4)27-24(32)26-18-10-8-17(25)9-11-18/h5-11,15-16,21,30H,12-14H2,1-4H3,(H2,26,27,32)/t15-,16+,21-/m1/s1. The Balaban J connectivity index is 1.95. The monoisotopic (exact) mass is 458 g/mol. The molecule has 178 valence electrons. The number of ether oxygens (including phenoxy) is 1. The van der Waals surface area contributed by atoms with Crippen LogP contribution in [-0.2, 0) is 0 Å². The van der Waals surface area contributed by atoms with Gasteiger partial charge in [-0.25, -0.2) is 9.18 Å². The summed E-state index contributed by atoms with van der Waals surface area (Å²) in [5.41, 5.74) is 1.08. The maximum absolute atomic E-state index is 13.4. The van der Waals surface area contributed by atoms with Crippen molar-refractivity contribution in [3.8, 4) is 5.75 Å². The number of para-hydroxylation sites is 1. The van der Waals surface area contributed by atoms with Crippen LogP contribution in [0.4, 0.5) is 20.6 Å². The first kappa shape index (κ1) is 24.5. The van der Waals surface area contributed by atoms with Gasteiger partial charge in [0.05, 0.1) is 23.9 Å². The van der Waals surface area contributed by atoms with Crippen LogP contribution in [0.15, 0.2) is 42.5 Å². The molecular formula is C24H31FN4O4. The number of aliphatic hydroxyl groups is 1. The van der Waals surface area contributed by atoms with Crippen molar-refractivity contribution >= 4 is 23.3 Å². The fourth-order valence-corrected chi connectivity index (χ4v) is 3.74. The van der Waals surface area contributed by atoms with E-state index >= 15 is 0 Å². The second kappa shape index (κ2) is 10.6. The maximum atomic E-state index is 13.4. The molecule has 0 saturated carbocycles. The highest BCUT2D eigenvalue weighted by molar-refractivity contribution is 6.04. The van der Waals surface area contributed by atoms with Gasteiger partial charge in [-0.1, -0.05) is 13.0 Å². The van der Waals surface area contributed by atoms with Gasteiger partial charge < -0.3 is 30.3 Å². The third-order valence-corrected chi connectivity index (χ3v) is 5.59. The summed E-state index contributed by atoms with van der Waals surface area (Å²) in [6.07, 6.45) is -0.261. The van der Waals surface area contributed by atoms with Crippen molar-refractivity contribution in [2.75, 3.05) is 44.4 Å². The third kappa shape index (κ3) is 6.00. The summed E-state index contributed by atoms with van der Waals surface area (Å²) in [6, 6.07) is 9.47. The highest BCUT2D eigenvalue weighted by Crippen LogP contribution is 2.35. The predicted octanol–water partition coefficient (Wildman–Crippen LogP) is 3.25. The molecule has 0 unspecified atom stereocenters. The van der Waals surface area contributed by atoms with Crippen molar-refractivity contribution in [3.05, 3.63) is 53.8 Å². The van der Waals surface area contributed by atoms with Crippen LogP contribution in [-0.4, -0.2) is 72.8 Å². The number of aliphatic hydroxyl groups excluding tert-OH is 1. The van der Waals surface area contributed by atoms with E-state index in [2.05, 4.69) is 10.6 Å². The molecule has 0 radical (unpaired) electrons. The van der Waals surface area contributed by atoms with Crippen molar-refractivity contribution < 1.29 is 23.8 Å². The van der Waals surface area contributed by atoms with Gasteiger partial charge in [0.25, 0.3) is 5.91 Å². The van der Waals surface area contributed by atoms with E-state index in [1.807, 2.05) is 25.9 Å². The number of urea groups is 1. The normalized spacial score (nSPS) is 19.2. The average molecular weight is 459 g/mol. The van der Waals surface area contributed by atoms with Gasteiger partial charge >= 0.3 is 6.03 Å². The Hall–Kier alpha value is -3.17.